The van der Waals surface area contributed by atoms with Crippen LogP contribution in [0.3, 0.4) is 0 Å². The molecule has 0 aliphatic heterocycles. The Morgan fingerprint density at radius 1 is 1.44 bits per heavy atom. The number of benzene rings is 1. The maximum Gasteiger partial charge on any atom is 0.119 e. The average molecular weight is 348 g/mol. The van der Waals surface area contributed by atoms with Crippen molar-refractivity contribution in [3.8, 4) is 0 Å². The Kier molecular flexibility index (Phi) is 4.27. The minimum atomic E-state index is 0.514. The van der Waals surface area contributed by atoms with Gasteiger partial charge in [0.2, 0.25) is 0 Å². The number of hydrazone groups is 1. The van der Waals surface area contributed by atoms with Crippen molar-refractivity contribution in [3.63, 3.8) is 0 Å². The summed E-state index contributed by atoms with van der Waals surface area (Å²) in [5.74, 6) is 0. The summed E-state index contributed by atoms with van der Waals surface area (Å²) in [6.45, 7) is 0. The largest absolute Gasteiger partial charge is 0.277 e. The van der Waals surface area contributed by atoms with Crippen LogP contribution in [0.4, 0.5) is 5.69 Å². The molecule has 0 spiro atoms. The zero-order valence-corrected chi connectivity index (χ0v) is 12.5. The van der Waals surface area contributed by atoms with Crippen molar-refractivity contribution >= 4 is 51.0 Å². The van der Waals surface area contributed by atoms with E-state index in [0.717, 1.165) is 10.2 Å². The molecule has 0 saturated heterocycles. The number of nitrogens with one attached hydrogen (secondary N) is 1. The van der Waals surface area contributed by atoms with Gasteiger partial charge in [0.15, 0.2) is 0 Å². The van der Waals surface area contributed by atoms with Gasteiger partial charge in [0.05, 0.1) is 21.4 Å². The van der Waals surface area contributed by atoms with Gasteiger partial charge >= 0.3 is 0 Å². The molecular formula is C11H9BrCl2N4. The molecule has 7 heteroatoms. The van der Waals surface area contributed by atoms with Gasteiger partial charge in [0, 0.05) is 18.3 Å². The van der Waals surface area contributed by atoms with Gasteiger partial charge in [-0.15, -0.1) is 0 Å². The monoisotopic (exact) mass is 346 g/mol. The van der Waals surface area contributed by atoms with Gasteiger partial charge in [-0.2, -0.15) is 10.2 Å². The van der Waals surface area contributed by atoms with Crippen LogP contribution >= 0.6 is 39.1 Å². The van der Waals surface area contributed by atoms with E-state index in [4.69, 9.17) is 23.2 Å². The molecule has 0 unspecified atom stereocenters. The molecule has 1 N–H and O–H groups in total. The molecule has 0 aliphatic carbocycles. The standard InChI is InChI=1S/C11H9BrCl2N4/c1-18-6-8(12)11(17-18)5-15-16-10-3-2-7(13)4-9(10)14/h2-6,16H,1H3/b15-5+. The highest BCUT2D eigenvalue weighted by atomic mass is 79.9. The minimum absolute atomic E-state index is 0.514. The molecule has 2 rings (SSSR count). The summed E-state index contributed by atoms with van der Waals surface area (Å²) in [5, 5.41) is 9.37. The van der Waals surface area contributed by atoms with E-state index in [0.29, 0.717) is 15.7 Å². The Bertz CT molecular complexity index is 595. The molecule has 0 saturated carbocycles. The Labute approximate surface area is 123 Å². The van der Waals surface area contributed by atoms with Gasteiger partial charge in [0.1, 0.15) is 5.69 Å². The van der Waals surface area contributed by atoms with Gasteiger partial charge in [-0.25, -0.2) is 0 Å². The third-order valence-corrected chi connectivity index (χ3v) is 3.27. The van der Waals surface area contributed by atoms with E-state index >= 15 is 0 Å². The Morgan fingerprint density at radius 3 is 2.83 bits per heavy atom. The molecule has 0 aliphatic rings. The second-order valence-electron chi connectivity index (χ2n) is 3.53. The van der Waals surface area contributed by atoms with Crippen LogP contribution in [0.15, 0.2) is 34.0 Å². The molecule has 1 aromatic carbocycles. The number of hydrogen-bond acceptors (Lipinski definition) is 3. The smallest absolute Gasteiger partial charge is 0.119 e. The van der Waals surface area contributed by atoms with E-state index in [1.807, 2.05) is 13.2 Å². The van der Waals surface area contributed by atoms with Crippen LogP contribution in [-0.4, -0.2) is 16.0 Å². The third kappa shape index (κ3) is 3.25. The molecule has 1 heterocycles. The molecule has 1 aromatic heterocycles. The summed E-state index contributed by atoms with van der Waals surface area (Å²) in [5.41, 5.74) is 4.25. The number of anilines is 1. The molecule has 0 radical (unpaired) electrons. The fraction of sp³-hybridized carbons (Fsp3) is 0.0909. The lowest BCUT2D eigenvalue weighted by Crippen LogP contribution is -1.94. The molecule has 0 amide bonds. The highest BCUT2D eigenvalue weighted by Crippen LogP contribution is 2.25. The van der Waals surface area contributed by atoms with E-state index in [1.54, 1.807) is 29.1 Å². The van der Waals surface area contributed by atoms with Crippen LogP contribution < -0.4 is 5.43 Å². The lowest BCUT2D eigenvalue weighted by molar-refractivity contribution is 0.765. The van der Waals surface area contributed by atoms with Gasteiger partial charge in [-0.05, 0) is 34.1 Å². The number of aromatic nitrogens is 2. The fourth-order valence-electron chi connectivity index (χ4n) is 1.31. The first kappa shape index (κ1) is 13.4. The zero-order valence-electron chi connectivity index (χ0n) is 9.36. The highest BCUT2D eigenvalue weighted by molar-refractivity contribution is 9.10. The normalized spacial score (nSPS) is 11.1. The van der Waals surface area contributed by atoms with Gasteiger partial charge in [-0.3, -0.25) is 10.1 Å². The molecule has 0 atom stereocenters. The van der Waals surface area contributed by atoms with Crippen LogP contribution in [0.1, 0.15) is 5.69 Å². The Morgan fingerprint density at radius 2 is 2.22 bits per heavy atom. The summed E-state index contributed by atoms with van der Waals surface area (Å²) >= 11 is 15.2. The first-order valence-electron chi connectivity index (χ1n) is 4.99. The summed E-state index contributed by atoms with van der Waals surface area (Å²) < 4.78 is 2.57. The molecule has 94 valence electrons. The minimum Gasteiger partial charge on any atom is -0.277 e. The number of rotatable bonds is 3. The quantitative estimate of drug-likeness (QED) is 0.675. The van der Waals surface area contributed by atoms with E-state index < -0.39 is 0 Å². The number of halogens is 3. The lowest BCUT2D eigenvalue weighted by atomic mass is 10.3. The topological polar surface area (TPSA) is 42.2 Å². The van der Waals surface area contributed by atoms with Crippen molar-refractivity contribution < 1.29 is 0 Å². The molecule has 18 heavy (non-hydrogen) atoms. The van der Waals surface area contributed by atoms with E-state index in [-0.39, 0.29) is 0 Å². The van der Waals surface area contributed by atoms with Crippen molar-refractivity contribution in [2.75, 3.05) is 5.43 Å². The van der Waals surface area contributed by atoms with Crippen molar-refractivity contribution in [2.24, 2.45) is 12.1 Å². The summed E-state index contributed by atoms with van der Waals surface area (Å²) in [4.78, 5) is 0. The van der Waals surface area contributed by atoms with E-state index in [1.165, 1.54) is 0 Å². The van der Waals surface area contributed by atoms with Gasteiger partial charge in [0.25, 0.3) is 0 Å². The van der Waals surface area contributed by atoms with Crippen LogP contribution in [0, 0.1) is 0 Å². The average Bonchev–Trinajstić information content (AvgIpc) is 2.61. The number of hydrogen-bond donors (Lipinski definition) is 1. The Balaban J connectivity index is 2.09. The summed E-state index contributed by atoms with van der Waals surface area (Å²) in [7, 11) is 1.84. The van der Waals surface area contributed by atoms with Crippen LogP contribution in [0.5, 0.6) is 0 Å². The molecule has 2 aromatic rings. The van der Waals surface area contributed by atoms with Crippen LogP contribution in [0.25, 0.3) is 0 Å². The summed E-state index contributed by atoms with van der Waals surface area (Å²) in [6, 6.07) is 5.15. The van der Waals surface area contributed by atoms with E-state index in [2.05, 4.69) is 31.6 Å². The van der Waals surface area contributed by atoms with Gasteiger partial charge in [-0.1, -0.05) is 23.2 Å². The highest BCUT2D eigenvalue weighted by Gasteiger charge is 2.02. The van der Waals surface area contributed by atoms with Crippen molar-refractivity contribution in [1.82, 2.24) is 9.78 Å². The molecule has 0 bridgehead atoms. The maximum atomic E-state index is 6.00. The molecule has 0 fully saturated rings. The summed E-state index contributed by atoms with van der Waals surface area (Å²) in [6.07, 6.45) is 3.45. The predicted molar refractivity (Wildman–Crippen MR) is 78.6 cm³/mol. The first-order valence-corrected chi connectivity index (χ1v) is 6.54. The van der Waals surface area contributed by atoms with Crippen molar-refractivity contribution in [2.45, 2.75) is 0 Å². The maximum absolute atomic E-state index is 6.00. The zero-order chi connectivity index (χ0) is 13.1. The van der Waals surface area contributed by atoms with Crippen LogP contribution in [-0.2, 0) is 7.05 Å². The molecule has 4 nitrogen and oxygen atoms in total. The van der Waals surface area contributed by atoms with E-state index in [9.17, 15) is 0 Å². The van der Waals surface area contributed by atoms with Crippen molar-refractivity contribution in [3.05, 3.63) is 44.6 Å². The third-order valence-electron chi connectivity index (χ3n) is 2.11. The number of nitrogens with zero attached hydrogens (tertiary/aromatic N) is 3. The predicted octanol–water partition coefficient (Wildman–Crippen LogP) is 3.94. The first-order chi connectivity index (χ1) is 8.56. The van der Waals surface area contributed by atoms with Crippen molar-refractivity contribution in [1.29, 1.82) is 0 Å². The van der Waals surface area contributed by atoms with Gasteiger partial charge < -0.3 is 0 Å². The lowest BCUT2D eigenvalue weighted by Gasteiger charge is -2.02. The second kappa shape index (κ2) is 5.73. The SMILES string of the molecule is Cn1cc(Br)c(/C=N/Nc2ccc(Cl)cc2Cl)n1. The fourth-order valence-corrected chi connectivity index (χ4v) is 2.24. The second-order valence-corrected chi connectivity index (χ2v) is 5.23. The molecular weight excluding hydrogens is 339 g/mol. The van der Waals surface area contributed by atoms with Crippen LogP contribution in [0.2, 0.25) is 10.0 Å². The Hall–Kier alpha value is -1.04. The number of aryl methyl sites for hydroxylation is 1.